The highest BCUT2D eigenvalue weighted by Gasteiger charge is 2.30. The van der Waals surface area contributed by atoms with Crippen molar-refractivity contribution in [3.8, 4) is 17.1 Å². The Morgan fingerprint density at radius 1 is 0.509 bits per heavy atom. The number of nitrogens with two attached hydrogens (primary N) is 1. The molecule has 1 aliphatic rings. The molecule has 11 rings (SSSR count). The Morgan fingerprint density at radius 3 is 1.56 bits per heavy atom. The lowest BCUT2D eigenvalue weighted by Gasteiger charge is -2.27. The molecule has 7 aromatic carbocycles. The van der Waals surface area contributed by atoms with Crippen molar-refractivity contribution in [1.29, 1.82) is 0 Å². The highest BCUT2D eigenvalue weighted by Crippen LogP contribution is 2.44. The predicted molar refractivity (Wildman–Crippen MR) is 240 cm³/mol. The van der Waals surface area contributed by atoms with Gasteiger partial charge >= 0.3 is 0 Å². The molecule has 0 fully saturated rings. The molecule has 3 aromatic heterocycles. The van der Waals surface area contributed by atoms with E-state index in [1.165, 1.54) is 71.5 Å². The van der Waals surface area contributed by atoms with Crippen molar-refractivity contribution in [3.63, 3.8) is 0 Å². The number of para-hydroxylation sites is 4. The summed E-state index contributed by atoms with van der Waals surface area (Å²) in [5.74, 6) is 0.362. The Kier molecular flexibility index (Phi) is 7.84. The van der Waals surface area contributed by atoms with Crippen molar-refractivity contribution in [2.24, 2.45) is 5.73 Å². The summed E-state index contributed by atoms with van der Waals surface area (Å²) >= 11 is 0. The van der Waals surface area contributed by atoms with Gasteiger partial charge in [-0.15, -0.1) is 0 Å². The van der Waals surface area contributed by atoms with Gasteiger partial charge in [-0.1, -0.05) is 129 Å². The number of aromatic nitrogens is 3. The second-order valence-corrected chi connectivity index (χ2v) is 15.8. The average Bonchev–Trinajstić information content (AvgIpc) is 3.91. The topological polar surface area (TPSA) is 40.8 Å². The van der Waals surface area contributed by atoms with E-state index in [-0.39, 0.29) is 0 Å². The zero-order valence-corrected chi connectivity index (χ0v) is 32.1. The number of hydrogen-bond acceptors (Lipinski definition) is 1. The summed E-state index contributed by atoms with van der Waals surface area (Å²) in [6.07, 6.45) is 8.68. The SMILES string of the molecule is CCC1CCCC(N)(c2ccccc2)/C=C\c2c1c1cc(-n3c4ccccc4c4ccccc43)ccc1n2-c1cccc(-n2c3ccccc3c3ccccc32)c1. The van der Waals surface area contributed by atoms with Crippen LogP contribution in [-0.4, -0.2) is 13.7 Å². The second-order valence-electron chi connectivity index (χ2n) is 15.8. The van der Waals surface area contributed by atoms with E-state index in [4.69, 9.17) is 5.73 Å². The fourth-order valence-corrected chi connectivity index (χ4v) is 10.00. The van der Waals surface area contributed by atoms with Crippen molar-refractivity contribution in [2.75, 3.05) is 0 Å². The highest BCUT2D eigenvalue weighted by molar-refractivity contribution is 6.10. The molecule has 2 N–H and O–H groups in total. The fourth-order valence-electron chi connectivity index (χ4n) is 10.00. The monoisotopic (exact) mass is 736 g/mol. The number of fused-ring (bicyclic) bond motifs is 9. The molecule has 0 spiro atoms. The van der Waals surface area contributed by atoms with Crippen LogP contribution in [0.15, 0.2) is 176 Å². The summed E-state index contributed by atoms with van der Waals surface area (Å²) in [4.78, 5) is 0. The third-order valence-corrected chi connectivity index (χ3v) is 12.7. The van der Waals surface area contributed by atoms with Crippen LogP contribution in [0.2, 0.25) is 0 Å². The molecule has 10 aromatic rings. The van der Waals surface area contributed by atoms with Crippen molar-refractivity contribution >= 4 is 60.6 Å². The van der Waals surface area contributed by atoms with E-state index < -0.39 is 5.54 Å². The summed E-state index contributed by atoms with van der Waals surface area (Å²) < 4.78 is 7.37. The maximum atomic E-state index is 7.43. The molecule has 2 atom stereocenters. The maximum absolute atomic E-state index is 7.43. The Labute approximate surface area is 332 Å². The van der Waals surface area contributed by atoms with Gasteiger partial charge in [0.1, 0.15) is 0 Å². The molecular formula is C53H44N4. The maximum Gasteiger partial charge on any atom is 0.0599 e. The van der Waals surface area contributed by atoms with Gasteiger partial charge in [-0.3, -0.25) is 0 Å². The molecule has 4 heteroatoms. The average molecular weight is 737 g/mol. The Bertz CT molecular complexity index is 3070. The second kappa shape index (κ2) is 13.3. The zero-order valence-electron chi connectivity index (χ0n) is 32.1. The molecule has 1 aliphatic carbocycles. The Hall–Kier alpha value is -6.62. The van der Waals surface area contributed by atoms with E-state index >= 15 is 0 Å². The van der Waals surface area contributed by atoms with Gasteiger partial charge in [0.2, 0.25) is 0 Å². The normalized spacial score (nSPS) is 17.9. The van der Waals surface area contributed by atoms with Crippen LogP contribution < -0.4 is 5.73 Å². The van der Waals surface area contributed by atoms with Crippen molar-refractivity contribution < 1.29 is 0 Å². The number of rotatable bonds is 5. The minimum Gasteiger partial charge on any atom is -0.318 e. The fraction of sp³-hybridized carbons (Fsp3) is 0.132. The summed E-state index contributed by atoms with van der Waals surface area (Å²) in [6, 6.07) is 62.0. The number of nitrogens with zero attached hydrogens (tertiary/aromatic N) is 3. The Morgan fingerprint density at radius 2 is 1.00 bits per heavy atom. The van der Waals surface area contributed by atoms with Crippen LogP contribution in [-0.2, 0) is 5.54 Å². The van der Waals surface area contributed by atoms with E-state index in [1.54, 1.807) is 0 Å². The number of hydrogen-bond donors (Lipinski definition) is 1. The number of benzene rings is 7. The molecule has 57 heavy (non-hydrogen) atoms. The third-order valence-electron chi connectivity index (χ3n) is 12.7. The van der Waals surface area contributed by atoms with E-state index in [2.05, 4.69) is 203 Å². The first-order chi connectivity index (χ1) is 28.1. The Balaban J connectivity index is 1.20. The van der Waals surface area contributed by atoms with Crippen LogP contribution in [0, 0.1) is 0 Å². The van der Waals surface area contributed by atoms with Gasteiger partial charge in [0.25, 0.3) is 0 Å². The first-order valence-electron chi connectivity index (χ1n) is 20.4. The first kappa shape index (κ1) is 33.7. The molecule has 276 valence electrons. The summed E-state index contributed by atoms with van der Waals surface area (Å²) in [6.45, 7) is 2.35. The van der Waals surface area contributed by atoms with Crippen LogP contribution in [0.3, 0.4) is 0 Å². The molecule has 3 heterocycles. The molecule has 0 aliphatic heterocycles. The predicted octanol–water partition coefficient (Wildman–Crippen LogP) is 13.4. The van der Waals surface area contributed by atoms with Gasteiger partial charge in [-0.05, 0) is 103 Å². The van der Waals surface area contributed by atoms with Gasteiger partial charge in [-0.2, -0.15) is 0 Å². The van der Waals surface area contributed by atoms with Crippen LogP contribution in [0.25, 0.3) is 77.7 Å². The van der Waals surface area contributed by atoms with Gasteiger partial charge in [0.05, 0.1) is 38.8 Å². The summed E-state index contributed by atoms with van der Waals surface area (Å²) in [7, 11) is 0. The van der Waals surface area contributed by atoms with Gasteiger partial charge in [0, 0.05) is 44.0 Å². The third kappa shape index (κ3) is 5.24. The lowest BCUT2D eigenvalue weighted by Crippen LogP contribution is -2.34. The lowest BCUT2D eigenvalue weighted by molar-refractivity contribution is 0.457. The smallest absolute Gasteiger partial charge is 0.0599 e. The molecule has 2 unspecified atom stereocenters. The van der Waals surface area contributed by atoms with E-state index in [9.17, 15) is 0 Å². The first-order valence-corrected chi connectivity index (χ1v) is 20.4. The van der Waals surface area contributed by atoms with Crippen molar-refractivity contribution in [2.45, 2.75) is 44.1 Å². The van der Waals surface area contributed by atoms with Crippen LogP contribution in [0.1, 0.15) is 55.3 Å². The summed E-state index contributed by atoms with van der Waals surface area (Å²) in [5, 5.41) is 6.37. The quantitative estimate of drug-likeness (QED) is 0.188. The van der Waals surface area contributed by atoms with Gasteiger partial charge < -0.3 is 19.4 Å². The van der Waals surface area contributed by atoms with E-state index in [0.29, 0.717) is 5.92 Å². The van der Waals surface area contributed by atoms with Crippen molar-refractivity contribution in [1.82, 2.24) is 13.7 Å². The molecule has 0 radical (unpaired) electrons. The van der Waals surface area contributed by atoms with E-state index in [1.807, 2.05) is 0 Å². The minimum atomic E-state index is -0.582. The molecule has 0 amide bonds. The molecule has 0 saturated heterocycles. The molecule has 0 saturated carbocycles. The van der Waals surface area contributed by atoms with Crippen LogP contribution in [0.4, 0.5) is 0 Å². The molecule has 4 nitrogen and oxygen atoms in total. The molecular weight excluding hydrogens is 693 g/mol. The van der Waals surface area contributed by atoms with Crippen LogP contribution in [0.5, 0.6) is 0 Å². The van der Waals surface area contributed by atoms with Crippen LogP contribution >= 0.6 is 0 Å². The minimum absolute atomic E-state index is 0.362. The highest BCUT2D eigenvalue weighted by atomic mass is 15.0. The largest absolute Gasteiger partial charge is 0.318 e. The van der Waals surface area contributed by atoms with Gasteiger partial charge in [-0.25, -0.2) is 0 Å². The summed E-state index contributed by atoms with van der Waals surface area (Å²) in [5.41, 5.74) is 20.1. The van der Waals surface area contributed by atoms with E-state index in [0.717, 1.165) is 42.6 Å². The molecule has 0 bridgehead atoms. The van der Waals surface area contributed by atoms with Gasteiger partial charge in [0.15, 0.2) is 0 Å². The standard InChI is InChI=1S/C53H44N4/c1-2-36-16-15-32-53(54,37-17-4-3-5-18-37)33-31-51-52(36)45-35-40(56-48-27-12-8-23-43(48)44-24-9-13-28-49(44)56)29-30-50(45)57(51)39-20-14-19-38(34-39)55-46-25-10-6-21-41(46)42-22-7-11-26-47(42)55/h3-14,17-31,33-36H,2,15-16,32,54H2,1H3/b33-31-. The van der Waals surface area contributed by atoms with Crippen molar-refractivity contribution in [3.05, 3.63) is 193 Å². The lowest BCUT2D eigenvalue weighted by atomic mass is 9.84. The zero-order chi connectivity index (χ0) is 38.1.